The second-order valence-corrected chi connectivity index (χ2v) is 13.0. The van der Waals surface area contributed by atoms with Crippen LogP contribution in [0, 0.1) is 11.8 Å². The van der Waals surface area contributed by atoms with E-state index in [0.717, 1.165) is 5.56 Å². The summed E-state index contributed by atoms with van der Waals surface area (Å²) in [6.45, 7) is 5.01. The molecule has 40 heavy (non-hydrogen) atoms. The van der Waals surface area contributed by atoms with Crippen LogP contribution in [0.5, 0.6) is 5.75 Å². The molecule has 0 aromatic heterocycles. The highest BCUT2D eigenvalue weighted by Gasteiger charge is 2.40. The van der Waals surface area contributed by atoms with Gasteiger partial charge in [0.15, 0.2) is 0 Å². The summed E-state index contributed by atoms with van der Waals surface area (Å²) in [5.74, 6) is -0.396. The molecule has 2 fully saturated rings. The largest absolute Gasteiger partial charge is 0.497 e. The van der Waals surface area contributed by atoms with Crippen LogP contribution in [-0.4, -0.2) is 81.6 Å². The van der Waals surface area contributed by atoms with E-state index in [-0.39, 0.29) is 48.6 Å². The van der Waals surface area contributed by atoms with Crippen molar-refractivity contribution >= 4 is 16.0 Å². The van der Waals surface area contributed by atoms with Gasteiger partial charge in [-0.1, -0.05) is 44.2 Å². The summed E-state index contributed by atoms with van der Waals surface area (Å²) in [4.78, 5) is 13.2. The Labute approximate surface area is 237 Å². The predicted octanol–water partition coefficient (Wildman–Crippen LogP) is 3.44. The summed E-state index contributed by atoms with van der Waals surface area (Å²) in [6, 6.07) is 15.8. The minimum absolute atomic E-state index is 0.0214. The number of carbonyl (C=O) groups excluding carboxylic acids is 1. The number of rotatable bonds is 13. The number of methoxy groups -OCH3 is 1. The van der Waals surface area contributed by atoms with E-state index >= 15 is 0 Å². The van der Waals surface area contributed by atoms with Gasteiger partial charge in [0, 0.05) is 31.8 Å². The smallest absolute Gasteiger partial charge is 0.306 e. The molecule has 2 aliphatic rings. The molecule has 2 aromatic rings. The molecule has 5 atom stereocenters. The minimum Gasteiger partial charge on any atom is -0.497 e. The van der Waals surface area contributed by atoms with E-state index in [9.17, 15) is 18.3 Å². The van der Waals surface area contributed by atoms with Gasteiger partial charge < -0.3 is 24.1 Å². The van der Waals surface area contributed by atoms with Crippen LogP contribution in [0.1, 0.15) is 38.7 Å². The van der Waals surface area contributed by atoms with E-state index in [1.54, 1.807) is 12.1 Å². The maximum Gasteiger partial charge on any atom is 0.306 e. The van der Waals surface area contributed by atoms with Crippen LogP contribution < -0.4 is 4.74 Å². The lowest BCUT2D eigenvalue weighted by atomic mass is 9.90. The van der Waals surface area contributed by atoms with Gasteiger partial charge in [-0.25, -0.2) is 8.42 Å². The van der Waals surface area contributed by atoms with Gasteiger partial charge in [-0.2, -0.15) is 4.31 Å². The third-order valence-electron chi connectivity index (χ3n) is 7.42. The number of sulfonamides is 1. The van der Waals surface area contributed by atoms with E-state index in [1.165, 1.54) is 23.5 Å². The van der Waals surface area contributed by atoms with Crippen molar-refractivity contribution < 1.29 is 37.3 Å². The maximum absolute atomic E-state index is 13.6. The maximum atomic E-state index is 13.6. The normalized spacial score (nSPS) is 22.6. The Morgan fingerprint density at radius 3 is 2.20 bits per heavy atom. The molecule has 220 valence electrons. The summed E-state index contributed by atoms with van der Waals surface area (Å²) < 4.78 is 51.0. The average Bonchev–Trinajstić information content (AvgIpc) is 3.34. The van der Waals surface area contributed by atoms with Crippen molar-refractivity contribution in [3.05, 3.63) is 60.2 Å². The molecule has 1 unspecified atom stereocenters. The Balaban J connectivity index is 1.49. The first-order valence-corrected chi connectivity index (χ1v) is 15.4. The van der Waals surface area contributed by atoms with Crippen molar-refractivity contribution in [1.82, 2.24) is 4.31 Å². The van der Waals surface area contributed by atoms with Crippen molar-refractivity contribution in [3.8, 4) is 5.75 Å². The number of carbonyl (C=O) groups is 1. The number of nitrogens with zero attached hydrogens (tertiary/aromatic N) is 1. The van der Waals surface area contributed by atoms with Crippen LogP contribution in [0.15, 0.2) is 59.5 Å². The number of hydrogen-bond acceptors (Lipinski definition) is 8. The van der Waals surface area contributed by atoms with Crippen LogP contribution in [-0.2, 0) is 35.4 Å². The molecule has 0 radical (unpaired) electrons. The number of aliphatic hydroxyl groups is 1. The molecule has 0 spiro atoms. The van der Waals surface area contributed by atoms with Gasteiger partial charge in [-0.05, 0) is 42.2 Å². The topological polar surface area (TPSA) is 112 Å². The van der Waals surface area contributed by atoms with E-state index in [2.05, 4.69) is 0 Å². The molecule has 1 N–H and O–H groups in total. The molecule has 10 heteroatoms. The molecule has 1 heterocycles. The molecule has 1 aliphatic carbocycles. The first kappa shape index (κ1) is 30.5. The third kappa shape index (κ3) is 8.04. The fourth-order valence-corrected chi connectivity index (χ4v) is 7.03. The summed E-state index contributed by atoms with van der Waals surface area (Å²) in [5.41, 5.74) is 0.946. The molecule has 4 rings (SSSR count). The summed E-state index contributed by atoms with van der Waals surface area (Å²) in [7, 11) is -2.39. The fraction of sp³-hybridized carbons (Fsp3) is 0.567. The van der Waals surface area contributed by atoms with Crippen LogP contribution >= 0.6 is 0 Å². The molecule has 1 saturated carbocycles. The van der Waals surface area contributed by atoms with E-state index in [0.29, 0.717) is 38.2 Å². The Morgan fingerprint density at radius 1 is 1.00 bits per heavy atom. The lowest BCUT2D eigenvalue weighted by molar-refractivity contribution is -0.151. The van der Waals surface area contributed by atoms with E-state index in [4.69, 9.17) is 18.9 Å². The van der Waals surface area contributed by atoms with Crippen molar-refractivity contribution in [1.29, 1.82) is 0 Å². The van der Waals surface area contributed by atoms with Gasteiger partial charge >= 0.3 is 5.97 Å². The lowest BCUT2D eigenvalue weighted by Gasteiger charge is -2.30. The zero-order chi connectivity index (χ0) is 28.7. The molecule has 0 bridgehead atoms. The van der Waals surface area contributed by atoms with Gasteiger partial charge in [0.1, 0.15) is 11.9 Å². The highest BCUT2D eigenvalue weighted by molar-refractivity contribution is 7.89. The molecule has 9 nitrogen and oxygen atoms in total. The Bertz CT molecular complexity index is 1170. The summed E-state index contributed by atoms with van der Waals surface area (Å²) in [5, 5.41) is 11.5. The highest BCUT2D eigenvalue weighted by Crippen LogP contribution is 2.31. The average molecular weight is 576 g/mol. The molecule has 1 saturated heterocycles. The van der Waals surface area contributed by atoms with Crippen LogP contribution in [0.3, 0.4) is 0 Å². The van der Waals surface area contributed by atoms with E-state index in [1.807, 2.05) is 44.2 Å². The van der Waals surface area contributed by atoms with Crippen molar-refractivity contribution in [2.75, 3.05) is 33.4 Å². The second-order valence-electron chi connectivity index (χ2n) is 11.0. The van der Waals surface area contributed by atoms with Gasteiger partial charge in [-0.15, -0.1) is 0 Å². The number of esters is 1. The van der Waals surface area contributed by atoms with Crippen LogP contribution in [0.4, 0.5) is 0 Å². The number of aliphatic hydroxyl groups excluding tert-OH is 1. The van der Waals surface area contributed by atoms with Gasteiger partial charge in [-0.3, -0.25) is 4.79 Å². The van der Waals surface area contributed by atoms with Gasteiger partial charge in [0.05, 0.1) is 50.0 Å². The molecule has 2 aromatic carbocycles. The van der Waals surface area contributed by atoms with Crippen molar-refractivity contribution in [3.63, 3.8) is 0 Å². The van der Waals surface area contributed by atoms with Crippen LogP contribution in [0.2, 0.25) is 0 Å². The van der Waals surface area contributed by atoms with E-state index < -0.39 is 28.0 Å². The lowest BCUT2D eigenvalue weighted by Crippen LogP contribution is -2.43. The first-order chi connectivity index (χ1) is 19.2. The predicted molar refractivity (Wildman–Crippen MR) is 149 cm³/mol. The number of benzene rings is 2. The first-order valence-electron chi connectivity index (χ1n) is 13.9. The quantitative estimate of drug-likeness (QED) is 0.362. The highest BCUT2D eigenvalue weighted by atomic mass is 32.2. The second kappa shape index (κ2) is 13.9. The molecular weight excluding hydrogens is 534 g/mol. The van der Waals surface area contributed by atoms with Crippen molar-refractivity contribution in [2.24, 2.45) is 11.8 Å². The SMILES string of the molecule is COc1ccc(S(=O)(=O)N(CC(C)C)C[C@@H](O)[C@@H](CC(=O)OC2C[C@@H]3OCCO[C@@H]3C2)Cc2ccccc2)cc1. The monoisotopic (exact) mass is 575 g/mol. The Morgan fingerprint density at radius 2 is 1.62 bits per heavy atom. The summed E-state index contributed by atoms with van der Waals surface area (Å²) in [6.07, 6.45) is 0.00388. The fourth-order valence-electron chi connectivity index (χ4n) is 5.41. The zero-order valence-electron chi connectivity index (χ0n) is 23.5. The number of fused-ring (bicyclic) bond motifs is 1. The third-order valence-corrected chi connectivity index (χ3v) is 9.27. The molecule has 1 aliphatic heterocycles. The summed E-state index contributed by atoms with van der Waals surface area (Å²) >= 11 is 0. The van der Waals surface area contributed by atoms with Gasteiger partial charge in [0.2, 0.25) is 10.0 Å². The van der Waals surface area contributed by atoms with Gasteiger partial charge in [0.25, 0.3) is 0 Å². The minimum atomic E-state index is -3.91. The van der Waals surface area contributed by atoms with Crippen LogP contribution in [0.25, 0.3) is 0 Å². The Kier molecular flexibility index (Phi) is 10.6. The Hall–Kier alpha value is -2.50. The zero-order valence-corrected chi connectivity index (χ0v) is 24.3. The number of hydrogen-bond donors (Lipinski definition) is 1. The standard InChI is InChI=1S/C30H41NO8S/c1-21(2)19-31(40(34,35)26-11-9-24(36-3)10-12-26)20-27(32)23(15-22-7-5-4-6-8-22)16-30(33)39-25-17-28-29(18-25)38-14-13-37-28/h4-12,21,23,25,27-29,32H,13-20H2,1-3H3/t23-,25?,27-,28-,29+/m1/s1. The number of ether oxygens (including phenoxy) is 4. The molecule has 0 amide bonds. The van der Waals surface area contributed by atoms with Crippen molar-refractivity contribution in [2.45, 2.75) is 68.8 Å². The molecular formula is C30H41NO8S.